The van der Waals surface area contributed by atoms with Crippen molar-refractivity contribution < 1.29 is 111 Å². The van der Waals surface area contributed by atoms with Gasteiger partial charge in [-0.3, -0.25) is 19.3 Å². The number of benzene rings is 3. The molecule has 6 N–H and O–H groups in total. The van der Waals surface area contributed by atoms with Crippen LogP contribution in [0, 0.1) is 6.92 Å². The average molecular weight is 1150 g/mol. The van der Waals surface area contributed by atoms with Crippen LogP contribution in [0.1, 0.15) is 63.7 Å². The molecule has 3 amide bonds. The third kappa shape index (κ3) is 9.87. The number of aromatic nitrogens is 3. The highest BCUT2D eigenvalue weighted by Gasteiger charge is 2.91. The quantitative estimate of drug-likeness (QED) is 0.0235. The largest absolute Gasteiger partial charge is 0.506 e. The Morgan fingerprint density at radius 1 is 0.927 bits per heavy atom. The van der Waals surface area contributed by atoms with Gasteiger partial charge in [0.15, 0.2) is 18.0 Å². The molecule has 1 aliphatic carbocycles. The number of imide groups is 1. The van der Waals surface area contributed by atoms with Gasteiger partial charge in [-0.15, -0.1) is 5.10 Å². The highest BCUT2D eigenvalue weighted by atomic mass is 16.9. The van der Waals surface area contributed by atoms with E-state index in [1.165, 1.54) is 43.3 Å². The second-order valence-corrected chi connectivity index (χ2v) is 20.6. The number of nitrogens with one attached hydrogen (secondary N) is 1. The number of carboxylic acid groups (broad SMARTS) is 1. The third-order valence-electron chi connectivity index (χ3n) is 15.7. The summed E-state index contributed by atoms with van der Waals surface area (Å²) in [6.45, 7) is 2.95. The lowest BCUT2D eigenvalue weighted by Gasteiger charge is -2.48. The lowest BCUT2D eigenvalue weighted by molar-refractivity contribution is -0.287. The maximum absolute atomic E-state index is 13.6. The van der Waals surface area contributed by atoms with E-state index in [4.69, 9.17) is 69.4 Å². The number of ketones is 1. The zero-order chi connectivity index (χ0) is 57.8. The summed E-state index contributed by atoms with van der Waals surface area (Å²) in [5.74, 6) is -6.25. The fourth-order valence-electron chi connectivity index (χ4n) is 11.6. The van der Waals surface area contributed by atoms with Crippen LogP contribution in [0.25, 0.3) is 16.5 Å². The highest BCUT2D eigenvalue weighted by molar-refractivity contribution is 6.29. The van der Waals surface area contributed by atoms with Crippen LogP contribution in [0.2, 0.25) is 5.82 Å². The molecule has 5 saturated heterocycles. The van der Waals surface area contributed by atoms with E-state index in [1.807, 2.05) is 13.0 Å². The SMILES string of the molecule is [B]C1CC(=O)N(CCOCCOCCOCCOCc2cn(-c3cc(COC(=O)NCC45OC6c7c(C)cc8c(OC)c9c(c(O)c8c7O[C@](OC)(C6O4)[C@@]54CO4)C(=O)CCC9)ccc3O[C@@H]3O[C@H](C(=O)O)[C@@H](O)[C@H](O)[C@H]3O)nn2)C1=O. The van der Waals surface area contributed by atoms with E-state index >= 15 is 0 Å². The van der Waals surface area contributed by atoms with Crippen molar-refractivity contribution in [3.05, 3.63) is 64.0 Å². The number of phenolic OH excluding ortho intramolecular Hbond substituents is 1. The molecule has 438 valence electrons. The molecule has 6 aliphatic heterocycles. The molecule has 2 radical (unpaired) electrons. The maximum atomic E-state index is 13.6. The van der Waals surface area contributed by atoms with Crippen LogP contribution >= 0.6 is 0 Å². The van der Waals surface area contributed by atoms with Crippen molar-refractivity contribution in [3.8, 4) is 28.7 Å². The van der Waals surface area contributed by atoms with E-state index in [-0.39, 0.29) is 138 Å². The number of likely N-dealkylation sites (tertiary alicyclic amines) is 1. The van der Waals surface area contributed by atoms with Crippen LogP contribution < -0.4 is 19.5 Å². The first-order valence-corrected chi connectivity index (χ1v) is 26.6. The van der Waals surface area contributed by atoms with Gasteiger partial charge in [0, 0.05) is 42.3 Å². The Labute approximate surface area is 467 Å². The summed E-state index contributed by atoms with van der Waals surface area (Å²) < 4.78 is 79.0. The standard InChI is InChI=1S/C53H60BN5O23/c1-25-17-29-37(38(62)36-28(42(29)70-2)5-4-6-32(36)60)43-35(25)44-46-53(71-3,81-43)51(24-77-51)52(80-44,82-46)23-55-50(69)76-21-26-7-8-33(78-49-41(65)39(63)40(64)45(79-49)48(67)68)31(18-26)59-20-27(56-57-59)22-75-16-15-74-14-13-73-12-11-72-10-9-58-34(61)19-30(54)47(58)66/h7-8,17-18,20,30,39-41,44-46,49,62-65H,4-6,9-16,19,21-24H2,1-3H3,(H,55,69)(H,67,68)/t30?,39-,40-,41+,44?,45-,46?,49+,51+,52?,53+/m0/s1. The van der Waals surface area contributed by atoms with Gasteiger partial charge in [0.1, 0.15) is 65.4 Å². The lowest BCUT2D eigenvalue weighted by atomic mass is 9.78. The molecule has 1 aromatic heterocycles. The topological polar surface area (TPSA) is 356 Å². The normalized spacial score (nSPS) is 29.5. The second-order valence-electron chi connectivity index (χ2n) is 20.6. The Bertz CT molecular complexity index is 3160. The Hall–Kier alpha value is -6.61. The van der Waals surface area contributed by atoms with E-state index in [0.29, 0.717) is 46.4 Å². The van der Waals surface area contributed by atoms with Gasteiger partial charge in [0.05, 0.1) is 105 Å². The van der Waals surface area contributed by atoms with Crippen molar-refractivity contribution in [3.63, 3.8) is 0 Å². The molecule has 4 aromatic rings. The first kappa shape index (κ1) is 57.2. The van der Waals surface area contributed by atoms with Crippen molar-refractivity contribution in [2.24, 2.45) is 0 Å². The van der Waals surface area contributed by atoms with E-state index in [1.54, 1.807) is 0 Å². The third-order valence-corrected chi connectivity index (χ3v) is 15.7. The number of aryl methyl sites for hydroxylation is 1. The number of hydrogen-bond acceptors (Lipinski definition) is 24. The fourth-order valence-corrected chi connectivity index (χ4v) is 11.6. The number of amides is 3. The van der Waals surface area contributed by atoms with Crippen LogP contribution in [-0.4, -0.2) is 217 Å². The number of epoxide rings is 1. The molecule has 82 heavy (non-hydrogen) atoms. The average Bonchev–Trinajstić information content (AvgIpc) is 1.52. The lowest BCUT2D eigenvalue weighted by Crippen LogP contribution is -2.69. The van der Waals surface area contributed by atoms with Gasteiger partial charge in [0.2, 0.25) is 29.5 Å². The molecule has 28 nitrogen and oxygen atoms in total. The van der Waals surface area contributed by atoms with Crippen LogP contribution in [0.15, 0.2) is 30.5 Å². The molecule has 29 heteroatoms. The van der Waals surface area contributed by atoms with Gasteiger partial charge in [-0.1, -0.05) is 11.3 Å². The van der Waals surface area contributed by atoms with Gasteiger partial charge in [-0.25, -0.2) is 14.3 Å². The summed E-state index contributed by atoms with van der Waals surface area (Å²) in [7, 11) is 8.57. The molecule has 7 heterocycles. The van der Waals surface area contributed by atoms with E-state index in [2.05, 4.69) is 15.6 Å². The van der Waals surface area contributed by atoms with Crippen molar-refractivity contribution >= 4 is 48.3 Å². The number of hydrogen-bond donors (Lipinski definition) is 6. The number of carboxylic acids is 1. The number of fused-ring (bicyclic) bond motifs is 8. The minimum absolute atomic E-state index is 0.00220. The number of Topliss-reactive ketones (excluding diaryl/α,β-unsaturated/α-hetero) is 1. The molecule has 5 fully saturated rings. The number of rotatable bonds is 24. The molecule has 3 aromatic carbocycles. The first-order chi connectivity index (χ1) is 39.5. The van der Waals surface area contributed by atoms with Gasteiger partial charge >= 0.3 is 12.1 Å². The monoisotopic (exact) mass is 1150 g/mol. The number of aliphatic hydroxyl groups excluding tert-OH is 3. The number of alkyl carbamates (subject to hydrolysis) is 1. The van der Waals surface area contributed by atoms with Gasteiger partial charge in [0.25, 0.3) is 5.79 Å². The Kier molecular flexibility index (Phi) is 16.0. The number of aliphatic hydroxyl groups is 3. The molecule has 11 atom stereocenters. The van der Waals surface area contributed by atoms with E-state index in [9.17, 15) is 49.5 Å². The number of nitrogens with zero attached hydrogens (tertiary/aromatic N) is 4. The molecule has 4 unspecified atom stereocenters. The van der Waals surface area contributed by atoms with Gasteiger partial charge in [-0.05, 0) is 49.1 Å². The number of carbonyl (C=O) groups is 5. The van der Waals surface area contributed by atoms with E-state index in [0.717, 1.165) is 10.5 Å². The maximum Gasteiger partial charge on any atom is 0.407 e. The second kappa shape index (κ2) is 22.9. The summed E-state index contributed by atoms with van der Waals surface area (Å²) in [6, 6.07) is 6.26. The molecule has 2 bridgehead atoms. The summed E-state index contributed by atoms with van der Waals surface area (Å²) >= 11 is 0. The summed E-state index contributed by atoms with van der Waals surface area (Å²) in [5.41, 5.74) is 1.52. The van der Waals surface area contributed by atoms with Gasteiger partial charge < -0.3 is 92.4 Å². The first-order valence-electron chi connectivity index (χ1n) is 26.6. The number of ether oxygens (including phenoxy) is 13. The van der Waals surface area contributed by atoms with Crippen molar-refractivity contribution in [1.29, 1.82) is 0 Å². The zero-order valence-corrected chi connectivity index (χ0v) is 44.8. The Morgan fingerprint density at radius 3 is 2.34 bits per heavy atom. The number of phenols is 1. The Morgan fingerprint density at radius 2 is 1.66 bits per heavy atom. The summed E-state index contributed by atoms with van der Waals surface area (Å²) in [4.78, 5) is 63.6. The fraction of sp³-hybridized carbons (Fsp3) is 0.566. The van der Waals surface area contributed by atoms with Crippen LogP contribution in [0.5, 0.6) is 23.0 Å². The summed E-state index contributed by atoms with van der Waals surface area (Å²) in [5, 5.41) is 65.0. The smallest absolute Gasteiger partial charge is 0.407 e. The van der Waals surface area contributed by atoms with Crippen LogP contribution in [0.4, 0.5) is 4.79 Å². The predicted octanol–water partition coefficient (Wildman–Crippen LogP) is 0.112. The van der Waals surface area contributed by atoms with Crippen molar-refractivity contribution in [2.75, 3.05) is 80.2 Å². The van der Waals surface area contributed by atoms with Crippen LogP contribution in [0.3, 0.4) is 0 Å². The molecule has 7 aliphatic rings. The molecule has 1 spiro atoms. The Balaban J connectivity index is 0.723. The minimum Gasteiger partial charge on any atom is -0.506 e. The molecular weight excluding hydrogens is 1090 g/mol. The molecular formula is C53H60BN5O23. The highest BCUT2D eigenvalue weighted by Crippen LogP contribution is 2.71. The van der Waals surface area contributed by atoms with Crippen LogP contribution in [-0.2, 0) is 81.4 Å². The molecule has 11 rings (SSSR count). The minimum atomic E-state index is -1.97. The number of carbonyl (C=O) groups excluding carboxylic acids is 4. The van der Waals surface area contributed by atoms with Crippen molar-refractivity contribution in [1.82, 2.24) is 25.2 Å². The number of methoxy groups -OCH3 is 2. The zero-order valence-electron chi connectivity index (χ0n) is 44.8. The number of aromatic hydroxyl groups is 1. The number of aliphatic carboxylic acids is 1. The summed E-state index contributed by atoms with van der Waals surface area (Å²) in [6.07, 6.45) is -9.31. The van der Waals surface area contributed by atoms with E-state index < -0.39 is 83.9 Å². The van der Waals surface area contributed by atoms with Crippen molar-refractivity contribution in [2.45, 2.75) is 112 Å². The predicted molar refractivity (Wildman–Crippen MR) is 272 cm³/mol. The van der Waals surface area contributed by atoms with Gasteiger partial charge in [-0.2, -0.15) is 0 Å². The molecule has 0 saturated carbocycles.